The fourth-order valence-electron chi connectivity index (χ4n) is 1.60. The Bertz CT molecular complexity index is 143. The maximum atomic E-state index is 12.3. The molecule has 2 nitrogen and oxygen atoms in total. The first kappa shape index (κ1) is 6.49. The number of morpholine rings is 1. The van der Waals surface area contributed by atoms with E-state index >= 15 is 0 Å². The lowest BCUT2D eigenvalue weighted by Crippen LogP contribution is -2.44. The summed E-state index contributed by atoms with van der Waals surface area (Å²) in [6.45, 7) is 0.764. The normalized spacial score (nSPS) is 45.3. The van der Waals surface area contributed by atoms with Crippen LogP contribution in [0.15, 0.2) is 0 Å². The minimum Gasteiger partial charge on any atom is -0.366 e. The molecule has 0 amide bonds. The van der Waals surface area contributed by atoms with Crippen molar-refractivity contribution in [1.29, 1.82) is 0 Å². The number of nitrogens with one attached hydrogen (secondary N) is 1. The molecule has 2 fully saturated rings. The lowest BCUT2D eigenvalue weighted by atomic mass is 10.0. The van der Waals surface area contributed by atoms with E-state index in [4.69, 9.17) is 4.74 Å². The van der Waals surface area contributed by atoms with E-state index in [1.165, 1.54) is 0 Å². The SMILES string of the molecule is FC(F)[C@]12CN[C@H](CO1)C2. The van der Waals surface area contributed by atoms with E-state index in [1.807, 2.05) is 0 Å². The summed E-state index contributed by atoms with van der Waals surface area (Å²) in [5.41, 5.74) is -1.13. The van der Waals surface area contributed by atoms with Crippen molar-refractivity contribution in [3.8, 4) is 0 Å². The number of hydrogen-bond donors (Lipinski definition) is 1. The second-order valence-electron chi connectivity index (χ2n) is 2.96. The molecule has 0 aromatic carbocycles. The van der Waals surface area contributed by atoms with Gasteiger partial charge in [-0.2, -0.15) is 0 Å². The summed E-state index contributed by atoms with van der Waals surface area (Å²) in [6.07, 6.45) is -1.86. The summed E-state index contributed by atoms with van der Waals surface area (Å²) >= 11 is 0. The van der Waals surface area contributed by atoms with Crippen LogP contribution < -0.4 is 5.32 Å². The van der Waals surface area contributed by atoms with Gasteiger partial charge in [-0.25, -0.2) is 8.78 Å². The first-order valence-electron chi connectivity index (χ1n) is 3.38. The van der Waals surface area contributed by atoms with E-state index in [1.54, 1.807) is 0 Å². The standard InChI is InChI=1S/C6H9F2NO/c7-5(8)6-1-4(2-10-6)9-3-6/h4-5,9H,1-3H2/t4-,6-/m0/s1. The van der Waals surface area contributed by atoms with Crippen molar-refractivity contribution in [2.75, 3.05) is 13.2 Å². The first-order valence-corrected chi connectivity index (χ1v) is 3.38. The van der Waals surface area contributed by atoms with Crippen LogP contribution in [0.2, 0.25) is 0 Å². The lowest BCUT2D eigenvalue weighted by Gasteiger charge is -2.25. The zero-order chi connectivity index (χ0) is 7.19. The molecule has 0 radical (unpaired) electrons. The maximum Gasteiger partial charge on any atom is 0.268 e. The van der Waals surface area contributed by atoms with Gasteiger partial charge in [0, 0.05) is 19.0 Å². The summed E-state index contributed by atoms with van der Waals surface area (Å²) in [7, 11) is 0. The molecule has 58 valence electrons. The summed E-state index contributed by atoms with van der Waals surface area (Å²) in [6, 6.07) is 0.175. The van der Waals surface area contributed by atoms with E-state index < -0.39 is 12.0 Å². The molecule has 2 saturated heterocycles. The number of hydrogen-bond acceptors (Lipinski definition) is 2. The Kier molecular flexibility index (Phi) is 1.22. The predicted octanol–water partition coefficient (Wildman–Crippen LogP) is 0.382. The van der Waals surface area contributed by atoms with E-state index in [2.05, 4.69) is 5.32 Å². The Morgan fingerprint density at radius 2 is 2.40 bits per heavy atom. The fraction of sp³-hybridized carbons (Fsp3) is 1.00. The molecular weight excluding hydrogens is 140 g/mol. The van der Waals surface area contributed by atoms with Gasteiger partial charge in [0.2, 0.25) is 0 Å². The highest BCUT2D eigenvalue weighted by Gasteiger charge is 2.52. The van der Waals surface area contributed by atoms with E-state index in [0.717, 1.165) is 0 Å². The van der Waals surface area contributed by atoms with Crippen LogP contribution >= 0.6 is 0 Å². The second-order valence-corrected chi connectivity index (χ2v) is 2.96. The third kappa shape index (κ3) is 0.689. The molecule has 2 rings (SSSR count). The van der Waals surface area contributed by atoms with Crippen LogP contribution in [0, 0.1) is 0 Å². The third-order valence-corrected chi connectivity index (χ3v) is 2.25. The van der Waals surface area contributed by atoms with Gasteiger partial charge in [-0.3, -0.25) is 0 Å². The monoisotopic (exact) mass is 149 g/mol. The van der Waals surface area contributed by atoms with Crippen molar-refractivity contribution < 1.29 is 13.5 Å². The van der Waals surface area contributed by atoms with E-state index in [-0.39, 0.29) is 6.04 Å². The molecule has 10 heavy (non-hydrogen) atoms. The number of rotatable bonds is 1. The van der Waals surface area contributed by atoms with Crippen LogP contribution in [0.1, 0.15) is 6.42 Å². The summed E-state index contributed by atoms with van der Waals surface area (Å²) in [5.74, 6) is 0. The number of fused-ring (bicyclic) bond motifs is 2. The van der Waals surface area contributed by atoms with Crippen LogP contribution in [0.3, 0.4) is 0 Å². The van der Waals surface area contributed by atoms with Crippen molar-refractivity contribution in [3.63, 3.8) is 0 Å². The minimum atomic E-state index is -2.34. The highest BCUT2D eigenvalue weighted by Crippen LogP contribution is 2.36. The van der Waals surface area contributed by atoms with E-state index in [9.17, 15) is 8.78 Å². The number of alkyl halides is 2. The highest BCUT2D eigenvalue weighted by molar-refractivity contribution is 5.02. The molecule has 0 aliphatic carbocycles. The molecule has 0 aromatic rings. The quantitative estimate of drug-likeness (QED) is 0.582. The van der Waals surface area contributed by atoms with Gasteiger partial charge in [0.05, 0.1) is 6.61 Å². The van der Waals surface area contributed by atoms with Gasteiger partial charge in [0.15, 0.2) is 0 Å². The average Bonchev–Trinajstić information content (AvgIpc) is 2.45. The molecule has 2 atom stereocenters. The average molecular weight is 149 g/mol. The third-order valence-electron chi connectivity index (χ3n) is 2.25. The molecule has 1 N–H and O–H groups in total. The van der Waals surface area contributed by atoms with Gasteiger partial charge in [0.25, 0.3) is 6.43 Å². The molecule has 0 spiro atoms. The lowest BCUT2D eigenvalue weighted by molar-refractivity contribution is -0.109. The Morgan fingerprint density at radius 3 is 2.60 bits per heavy atom. The van der Waals surface area contributed by atoms with Crippen molar-refractivity contribution in [3.05, 3.63) is 0 Å². The first-order chi connectivity index (χ1) is 4.73. The fourth-order valence-corrected chi connectivity index (χ4v) is 1.60. The molecule has 0 aromatic heterocycles. The van der Waals surface area contributed by atoms with Crippen molar-refractivity contribution in [2.45, 2.75) is 24.5 Å². The molecule has 2 bridgehead atoms. The smallest absolute Gasteiger partial charge is 0.268 e. The Hall–Kier alpha value is -0.220. The topological polar surface area (TPSA) is 21.3 Å². The number of halogens is 2. The van der Waals surface area contributed by atoms with Crippen molar-refractivity contribution in [2.24, 2.45) is 0 Å². The zero-order valence-corrected chi connectivity index (χ0v) is 5.44. The Balaban J connectivity index is 2.15. The molecule has 2 heterocycles. The molecular formula is C6H9F2NO. The van der Waals surface area contributed by atoms with Gasteiger partial charge in [0.1, 0.15) is 5.60 Å². The van der Waals surface area contributed by atoms with Crippen LogP contribution in [-0.4, -0.2) is 31.2 Å². The molecule has 0 unspecified atom stereocenters. The van der Waals surface area contributed by atoms with Crippen LogP contribution in [0.25, 0.3) is 0 Å². The maximum absolute atomic E-state index is 12.3. The minimum absolute atomic E-state index is 0.175. The molecule has 2 aliphatic rings. The molecule has 0 saturated carbocycles. The van der Waals surface area contributed by atoms with Crippen LogP contribution in [0.5, 0.6) is 0 Å². The largest absolute Gasteiger partial charge is 0.366 e. The summed E-state index contributed by atoms with van der Waals surface area (Å²) in [4.78, 5) is 0. The predicted molar refractivity (Wildman–Crippen MR) is 31.1 cm³/mol. The van der Waals surface area contributed by atoms with Crippen LogP contribution in [-0.2, 0) is 4.74 Å². The van der Waals surface area contributed by atoms with Gasteiger partial charge in [-0.05, 0) is 0 Å². The Morgan fingerprint density at radius 1 is 1.60 bits per heavy atom. The van der Waals surface area contributed by atoms with Crippen LogP contribution in [0.4, 0.5) is 8.78 Å². The Labute approximate surface area is 57.5 Å². The molecule has 2 aliphatic heterocycles. The van der Waals surface area contributed by atoms with Gasteiger partial charge in [-0.15, -0.1) is 0 Å². The zero-order valence-electron chi connectivity index (χ0n) is 5.44. The van der Waals surface area contributed by atoms with E-state index in [0.29, 0.717) is 19.6 Å². The van der Waals surface area contributed by atoms with Gasteiger partial charge in [-0.1, -0.05) is 0 Å². The van der Waals surface area contributed by atoms with Gasteiger partial charge >= 0.3 is 0 Å². The number of ether oxygens (including phenoxy) is 1. The van der Waals surface area contributed by atoms with Gasteiger partial charge < -0.3 is 10.1 Å². The van der Waals surface area contributed by atoms with Crippen molar-refractivity contribution >= 4 is 0 Å². The highest BCUT2D eigenvalue weighted by atomic mass is 19.3. The summed E-state index contributed by atoms with van der Waals surface area (Å²) in [5, 5.41) is 2.97. The van der Waals surface area contributed by atoms with Crippen molar-refractivity contribution in [1.82, 2.24) is 5.32 Å². The summed E-state index contributed by atoms with van der Waals surface area (Å²) < 4.78 is 29.5. The molecule has 4 heteroatoms. The second kappa shape index (κ2) is 1.89.